The van der Waals surface area contributed by atoms with Gasteiger partial charge in [0, 0.05) is 24.0 Å². The van der Waals surface area contributed by atoms with E-state index in [0.717, 1.165) is 46.3 Å². The molecule has 0 radical (unpaired) electrons. The molecule has 0 spiro atoms. The first-order chi connectivity index (χ1) is 16.3. The lowest BCUT2D eigenvalue weighted by Gasteiger charge is -2.32. The highest BCUT2D eigenvalue weighted by Crippen LogP contribution is 2.32. The van der Waals surface area contributed by atoms with Crippen LogP contribution in [0.3, 0.4) is 0 Å². The molecule has 3 aromatic rings. The van der Waals surface area contributed by atoms with E-state index in [1.807, 2.05) is 62.1 Å². The number of fused-ring (bicyclic) bond motifs is 1. The normalized spacial score (nSPS) is 15.1. The first kappa shape index (κ1) is 23.8. The van der Waals surface area contributed by atoms with Crippen molar-refractivity contribution in [2.24, 2.45) is 5.92 Å². The molecule has 1 fully saturated rings. The number of para-hydroxylation sites is 1. The number of amides is 1. The number of ether oxygens (including phenoxy) is 2. The minimum absolute atomic E-state index is 0.220. The van der Waals surface area contributed by atoms with Crippen molar-refractivity contribution in [3.8, 4) is 5.75 Å². The fraction of sp³-hybridized carbons (Fsp3) is 0.379. The first-order valence-electron chi connectivity index (χ1n) is 12.0. The number of pyridine rings is 1. The van der Waals surface area contributed by atoms with Gasteiger partial charge in [-0.15, -0.1) is 0 Å². The summed E-state index contributed by atoms with van der Waals surface area (Å²) in [6, 6.07) is 18.3. The van der Waals surface area contributed by atoms with Crippen molar-refractivity contribution in [3.05, 3.63) is 77.5 Å². The molecular weight excluding hydrogens is 424 g/mol. The molecule has 0 N–H and O–H groups in total. The van der Waals surface area contributed by atoms with E-state index in [9.17, 15) is 4.79 Å². The van der Waals surface area contributed by atoms with Crippen molar-refractivity contribution in [1.29, 1.82) is 0 Å². The Bertz CT molecular complexity index is 1160. The minimum atomic E-state index is -0.465. The summed E-state index contributed by atoms with van der Waals surface area (Å²) in [5.41, 5.74) is 3.56. The first-order valence-corrected chi connectivity index (χ1v) is 12.0. The summed E-state index contributed by atoms with van der Waals surface area (Å²) >= 11 is 0. The quantitative estimate of drug-likeness (QED) is 0.423. The van der Waals surface area contributed by atoms with E-state index in [0.29, 0.717) is 25.6 Å². The van der Waals surface area contributed by atoms with Crippen LogP contribution in [0.25, 0.3) is 17.0 Å². The van der Waals surface area contributed by atoms with Crippen LogP contribution in [0.5, 0.6) is 5.75 Å². The van der Waals surface area contributed by atoms with Crippen LogP contribution in [0.4, 0.5) is 4.79 Å². The van der Waals surface area contributed by atoms with Gasteiger partial charge in [-0.05, 0) is 70.2 Å². The molecule has 1 aromatic heterocycles. The second-order valence-electron chi connectivity index (χ2n) is 9.91. The molecule has 0 unspecified atom stereocenters. The topological polar surface area (TPSA) is 51.7 Å². The molecule has 1 aliphatic rings. The Morgan fingerprint density at radius 3 is 2.44 bits per heavy atom. The maximum atomic E-state index is 12.3. The van der Waals surface area contributed by atoms with Crippen LogP contribution in [-0.4, -0.2) is 34.7 Å². The Hall–Kier alpha value is -3.34. The molecule has 2 heterocycles. The molecule has 1 amide bonds. The monoisotopic (exact) mass is 458 g/mol. The maximum Gasteiger partial charge on any atom is 0.410 e. The number of rotatable bonds is 5. The second kappa shape index (κ2) is 10.3. The van der Waals surface area contributed by atoms with E-state index < -0.39 is 5.60 Å². The largest absolute Gasteiger partial charge is 0.488 e. The van der Waals surface area contributed by atoms with E-state index in [4.69, 9.17) is 14.5 Å². The third-order valence-electron chi connectivity index (χ3n) is 6.06. The van der Waals surface area contributed by atoms with E-state index in [-0.39, 0.29) is 6.09 Å². The molecule has 0 bridgehead atoms. The zero-order valence-corrected chi connectivity index (χ0v) is 20.6. The van der Waals surface area contributed by atoms with Gasteiger partial charge in [-0.2, -0.15) is 0 Å². The van der Waals surface area contributed by atoms with Gasteiger partial charge in [0.1, 0.15) is 18.0 Å². The van der Waals surface area contributed by atoms with E-state index >= 15 is 0 Å². The highest BCUT2D eigenvalue weighted by Gasteiger charge is 2.26. The van der Waals surface area contributed by atoms with Crippen molar-refractivity contribution >= 4 is 23.1 Å². The van der Waals surface area contributed by atoms with Gasteiger partial charge in [-0.25, -0.2) is 9.78 Å². The predicted octanol–water partition coefficient (Wildman–Crippen LogP) is 6.78. The summed E-state index contributed by atoms with van der Waals surface area (Å²) in [5.74, 6) is 1.29. The molecule has 4 rings (SSSR count). The van der Waals surface area contributed by atoms with Gasteiger partial charge in [-0.1, -0.05) is 48.5 Å². The second-order valence-corrected chi connectivity index (χ2v) is 9.91. The zero-order valence-electron chi connectivity index (χ0n) is 20.6. The molecule has 1 aliphatic heterocycles. The number of likely N-dealkylation sites (tertiary alicyclic amines) is 1. The van der Waals surface area contributed by atoms with Crippen LogP contribution in [0, 0.1) is 12.8 Å². The fourth-order valence-electron chi connectivity index (χ4n) is 4.20. The van der Waals surface area contributed by atoms with Crippen LogP contribution in [0.1, 0.15) is 50.4 Å². The standard InChI is InChI=1S/C29H34N2O3/c1-21-25(15-14-22-16-18-31(19-17-22)28(32)34-29(2,3)4)30-26-13-9-8-12-24(26)27(21)33-20-23-10-6-5-7-11-23/h5-15,22H,16-20H2,1-4H3/b15-14+. The molecule has 2 aromatic carbocycles. The van der Waals surface area contributed by atoms with E-state index in [2.05, 4.69) is 37.3 Å². The molecule has 34 heavy (non-hydrogen) atoms. The molecule has 1 saturated heterocycles. The highest BCUT2D eigenvalue weighted by molar-refractivity contribution is 5.88. The summed E-state index contributed by atoms with van der Waals surface area (Å²) < 4.78 is 11.8. The van der Waals surface area contributed by atoms with Crippen molar-refractivity contribution < 1.29 is 14.3 Å². The molecular formula is C29H34N2O3. The van der Waals surface area contributed by atoms with Gasteiger partial charge >= 0.3 is 6.09 Å². The number of aromatic nitrogens is 1. The number of piperidine rings is 1. The summed E-state index contributed by atoms with van der Waals surface area (Å²) in [5, 5.41) is 1.03. The number of hydrogen-bond donors (Lipinski definition) is 0. The average Bonchev–Trinajstić information content (AvgIpc) is 2.82. The summed E-state index contributed by atoms with van der Waals surface area (Å²) in [7, 11) is 0. The number of carbonyl (C=O) groups is 1. The van der Waals surface area contributed by atoms with Gasteiger partial charge < -0.3 is 14.4 Å². The Morgan fingerprint density at radius 2 is 1.74 bits per heavy atom. The van der Waals surface area contributed by atoms with Gasteiger partial charge in [0.15, 0.2) is 0 Å². The van der Waals surface area contributed by atoms with Crippen LogP contribution in [0.2, 0.25) is 0 Å². The molecule has 0 atom stereocenters. The summed E-state index contributed by atoms with van der Waals surface area (Å²) in [6.45, 7) is 9.71. The maximum absolute atomic E-state index is 12.3. The predicted molar refractivity (Wildman–Crippen MR) is 137 cm³/mol. The van der Waals surface area contributed by atoms with Crippen LogP contribution in [0.15, 0.2) is 60.7 Å². The number of hydrogen-bond acceptors (Lipinski definition) is 4. The van der Waals surface area contributed by atoms with Gasteiger partial charge in [-0.3, -0.25) is 0 Å². The highest BCUT2D eigenvalue weighted by atomic mass is 16.6. The van der Waals surface area contributed by atoms with Gasteiger partial charge in [0.2, 0.25) is 0 Å². The number of benzene rings is 2. The lowest BCUT2D eigenvalue weighted by Crippen LogP contribution is -2.41. The SMILES string of the molecule is Cc1c(/C=C/C2CCN(C(=O)OC(C)(C)C)CC2)nc2ccccc2c1OCc1ccccc1. The van der Waals surface area contributed by atoms with E-state index in [1.54, 1.807) is 0 Å². The minimum Gasteiger partial charge on any atom is -0.488 e. The Labute approximate surface area is 202 Å². The molecule has 5 heteroatoms. The lowest BCUT2D eigenvalue weighted by atomic mass is 9.96. The van der Waals surface area contributed by atoms with Crippen molar-refractivity contribution in [1.82, 2.24) is 9.88 Å². The van der Waals surface area contributed by atoms with Gasteiger partial charge in [0.25, 0.3) is 0 Å². The Balaban J connectivity index is 1.48. The smallest absolute Gasteiger partial charge is 0.410 e. The molecule has 178 valence electrons. The number of allylic oxidation sites excluding steroid dienone is 1. The number of carbonyl (C=O) groups excluding carboxylic acids is 1. The zero-order chi connectivity index (χ0) is 24.1. The Kier molecular flexibility index (Phi) is 7.20. The van der Waals surface area contributed by atoms with Crippen molar-refractivity contribution in [2.75, 3.05) is 13.1 Å². The number of nitrogens with zero attached hydrogens (tertiary/aromatic N) is 2. The summed E-state index contributed by atoms with van der Waals surface area (Å²) in [6.07, 6.45) is 5.96. The van der Waals surface area contributed by atoms with Gasteiger partial charge in [0.05, 0.1) is 11.2 Å². The average molecular weight is 459 g/mol. The fourth-order valence-corrected chi connectivity index (χ4v) is 4.20. The molecule has 0 aliphatic carbocycles. The molecule has 0 saturated carbocycles. The third kappa shape index (κ3) is 5.96. The Morgan fingerprint density at radius 1 is 1.06 bits per heavy atom. The van der Waals surface area contributed by atoms with Crippen LogP contribution in [-0.2, 0) is 11.3 Å². The van der Waals surface area contributed by atoms with Crippen molar-refractivity contribution in [2.45, 2.75) is 52.7 Å². The lowest BCUT2D eigenvalue weighted by molar-refractivity contribution is 0.0197. The molecule has 5 nitrogen and oxygen atoms in total. The van der Waals surface area contributed by atoms with Crippen molar-refractivity contribution in [3.63, 3.8) is 0 Å². The van der Waals surface area contributed by atoms with Crippen LogP contribution >= 0.6 is 0 Å². The third-order valence-corrected chi connectivity index (χ3v) is 6.06. The van der Waals surface area contributed by atoms with E-state index in [1.165, 1.54) is 0 Å². The summed E-state index contributed by atoms with van der Waals surface area (Å²) in [4.78, 5) is 19.0. The van der Waals surface area contributed by atoms with Crippen LogP contribution < -0.4 is 4.74 Å².